The van der Waals surface area contributed by atoms with E-state index in [-0.39, 0.29) is 0 Å². The number of likely N-dealkylation sites (N-methyl/N-ethyl adjacent to an activating group) is 1. The molecule has 5 heteroatoms. The van der Waals surface area contributed by atoms with Crippen LogP contribution in [0.25, 0.3) is 0 Å². The molecule has 0 aliphatic carbocycles. The van der Waals surface area contributed by atoms with Crippen molar-refractivity contribution in [2.24, 2.45) is 0 Å². The minimum atomic E-state index is -1.05. The van der Waals surface area contributed by atoms with Crippen LogP contribution in [0.2, 0.25) is 0 Å². The molecule has 5 nitrogen and oxygen atoms in total. The number of piperidine rings is 1. The van der Waals surface area contributed by atoms with Crippen LogP contribution in [0.1, 0.15) is 44.3 Å². The van der Waals surface area contributed by atoms with Crippen molar-refractivity contribution < 1.29 is 9.63 Å². The van der Waals surface area contributed by atoms with E-state index in [0.29, 0.717) is 11.8 Å². The summed E-state index contributed by atoms with van der Waals surface area (Å²) in [6, 6.07) is 0. The minimum Gasteiger partial charge on any atom is -0.381 e. The molecule has 16 heavy (non-hydrogen) atoms. The van der Waals surface area contributed by atoms with Gasteiger partial charge < -0.3 is 14.5 Å². The highest BCUT2D eigenvalue weighted by molar-refractivity contribution is 5.01. The number of aromatic nitrogens is 2. The van der Waals surface area contributed by atoms with Crippen LogP contribution in [0.15, 0.2) is 4.52 Å². The Balaban J connectivity index is 2.12. The molecule has 1 atom stereocenters. The van der Waals surface area contributed by atoms with Crippen molar-refractivity contribution in [2.75, 3.05) is 20.1 Å². The third kappa shape index (κ3) is 2.41. The summed E-state index contributed by atoms with van der Waals surface area (Å²) in [5, 5.41) is 13.7. The number of likely N-dealkylation sites (tertiary alicyclic amines) is 1. The molecule has 1 aliphatic rings. The van der Waals surface area contributed by atoms with Gasteiger partial charge in [-0.2, -0.15) is 4.98 Å². The van der Waals surface area contributed by atoms with Crippen molar-refractivity contribution in [2.45, 2.75) is 38.2 Å². The van der Waals surface area contributed by atoms with Crippen LogP contribution >= 0.6 is 0 Å². The fourth-order valence-electron chi connectivity index (χ4n) is 2.03. The van der Waals surface area contributed by atoms with Crippen molar-refractivity contribution >= 4 is 0 Å². The fourth-order valence-corrected chi connectivity index (χ4v) is 2.03. The standard InChI is InChI=1S/C11H19N3O2/c1-11(2,15)10-12-9(13-16-10)8-5-4-6-14(3)7-8/h8,15H,4-7H2,1-3H3. The molecule has 1 N–H and O–H groups in total. The first-order valence-electron chi connectivity index (χ1n) is 5.72. The molecule has 1 saturated heterocycles. The number of aliphatic hydroxyl groups is 1. The first kappa shape index (κ1) is 11.5. The largest absolute Gasteiger partial charge is 0.381 e. The molecule has 0 radical (unpaired) electrons. The maximum atomic E-state index is 9.75. The van der Waals surface area contributed by atoms with Gasteiger partial charge >= 0.3 is 0 Å². The van der Waals surface area contributed by atoms with E-state index in [0.717, 1.165) is 31.8 Å². The van der Waals surface area contributed by atoms with E-state index < -0.39 is 5.60 Å². The lowest BCUT2D eigenvalue weighted by atomic mass is 9.98. The summed E-state index contributed by atoms with van der Waals surface area (Å²) in [5.41, 5.74) is -1.05. The summed E-state index contributed by atoms with van der Waals surface area (Å²) in [5.74, 6) is 1.36. The summed E-state index contributed by atoms with van der Waals surface area (Å²) in [6.45, 7) is 5.39. The van der Waals surface area contributed by atoms with Gasteiger partial charge in [-0.15, -0.1) is 0 Å². The third-order valence-corrected chi connectivity index (χ3v) is 2.95. The van der Waals surface area contributed by atoms with Gasteiger partial charge in [0, 0.05) is 12.5 Å². The van der Waals surface area contributed by atoms with Crippen LogP contribution in [-0.4, -0.2) is 40.3 Å². The van der Waals surface area contributed by atoms with Gasteiger partial charge in [0.15, 0.2) is 5.82 Å². The Kier molecular flexibility index (Phi) is 2.99. The van der Waals surface area contributed by atoms with Crippen molar-refractivity contribution in [3.8, 4) is 0 Å². The molecular formula is C11H19N3O2. The summed E-state index contributed by atoms with van der Waals surface area (Å²) in [4.78, 5) is 6.56. The van der Waals surface area contributed by atoms with Crippen molar-refractivity contribution in [3.63, 3.8) is 0 Å². The highest BCUT2D eigenvalue weighted by Crippen LogP contribution is 2.26. The number of hydrogen-bond donors (Lipinski definition) is 1. The first-order chi connectivity index (χ1) is 7.47. The fraction of sp³-hybridized carbons (Fsp3) is 0.818. The zero-order valence-electron chi connectivity index (χ0n) is 10.1. The van der Waals surface area contributed by atoms with Crippen LogP contribution in [-0.2, 0) is 5.60 Å². The summed E-state index contributed by atoms with van der Waals surface area (Å²) < 4.78 is 5.09. The molecule has 0 saturated carbocycles. The van der Waals surface area contributed by atoms with Gasteiger partial charge in [-0.1, -0.05) is 5.16 Å². The summed E-state index contributed by atoms with van der Waals surface area (Å²) in [6.07, 6.45) is 2.25. The van der Waals surface area contributed by atoms with Crippen molar-refractivity contribution in [3.05, 3.63) is 11.7 Å². The Morgan fingerprint density at radius 1 is 1.50 bits per heavy atom. The molecule has 0 bridgehead atoms. The van der Waals surface area contributed by atoms with Crippen molar-refractivity contribution in [1.82, 2.24) is 15.0 Å². The quantitative estimate of drug-likeness (QED) is 0.816. The molecule has 1 fully saturated rings. The number of nitrogens with zero attached hydrogens (tertiary/aromatic N) is 3. The Bertz CT molecular complexity index is 356. The van der Waals surface area contributed by atoms with Crippen LogP contribution in [0.4, 0.5) is 0 Å². The van der Waals surface area contributed by atoms with Crippen LogP contribution in [0, 0.1) is 0 Å². The number of rotatable bonds is 2. The molecule has 90 valence electrons. The molecule has 0 amide bonds. The normalized spacial score (nSPS) is 23.6. The van der Waals surface area contributed by atoms with Gasteiger partial charge in [0.25, 0.3) is 5.89 Å². The maximum absolute atomic E-state index is 9.75. The third-order valence-electron chi connectivity index (χ3n) is 2.95. The SMILES string of the molecule is CN1CCCC(c2noc(C(C)(C)O)n2)C1. The Hall–Kier alpha value is -0.940. The average Bonchev–Trinajstić information content (AvgIpc) is 2.65. The molecular weight excluding hydrogens is 206 g/mol. The predicted molar refractivity (Wildman–Crippen MR) is 59.0 cm³/mol. The molecule has 2 heterocycles. The molecule has 0 aromatic carbocycles. The molecule has 0 spiro atoms. The maximum Gasteiger partial charge on any atom is 0.258 e. The molecule has 1 aliphatic heterocycles. The Morgan fingerprint density at radius 3 is 2.81 bits per heavy atom. The van der Waals surface area contributed by atoms with E-state index in [1.807, 2.05) is 0 Å². The van der Waals surface area contributed by atoms with Gasteiger partial charge in [-0.3, -0.25) is 0 Å². The van der Waals surface area contributed by atoms with Gasteiger partial charge in [0.1, 0.15) is 5.60 Å². The Labute approximate surface area is 95.4 Å². The van der Waals surface area contributed by atoms with Gasteiger partial charge in [0.05, 0.1) is 0 Å². The van der Waals surface area contributed by atoms with Crippen LogP contribution < -0.4 is 0 Å². The van der Waals surface area contributed by atoms with Crippen LogP contribution in [0.3, 0.4) is 0 Å². The zero-order valence-corrected chi connectivity index (χ0v) is 10.1. The second kappa shape index (κ2) is 4.14. The van der Waals surface area contributed by atoms with Gasteiger partial charge in [-0.05, 0) is 40.3 Å². The Morgan fingerprint density at radius 2 is 2.25 bits per heavy atom. The van der Waals surface area contributed by atoms with E-state index in [1.165, 1.54) is 0 Å². The minimum absolute atomic E-state index is 0.302. The van der Waals surface area contributed by atoms with E-state index in [1.54, 1.807) is 13.8 Å². The van der Waals surface area contributed by atoms with E-state index in [4.69, 9.17) is 4.52 Å². The highest BCUT2D eigenvalue weighted by atomic mass is 16.5. The van der Waals surface area contributed by atoms with Crippen LogP contribution in [0.5, 0.6) is 0 Å². The average molecular weight is 225 g/mol. The smallest absolute Gasteiger partial charge is 0.258 e. The highest BCUT2D eigenvalue weighted by Gasteiger charge is 2.28. The number of hydrogen-bond acceptors (Lipinski definition) is 5. The lowest BCUT2D eigenvalue weighted by Gasteiger charge is -2.27. The lowest BCUT2D eigenvalue weighted by molar-refractivity contribution is 0.0420. The molecule has 1 aromatic heterocycles. The zero-order chi connectivity index (χ0) is 11.8. The summed E-state index contributed by atoms with van der Waals surface area (Å²) in [7, 11) is 2.10. The molecule has 1 aromatic rings. The van der Waals surface area contributed by atoms with Crippen molar-refractivity contribution in [1.29, 1.82) is 0 Å². The van der Waals surface area contributed by atoms with E-state index >= 15 is 0 Å². The second-order valence-electron chi connectivity index (χ2n) is 5.12. The monoisotopic (exact) mass is 225 g/mol. The molecule has 2 rings (SSSR count). The van der Waals surface area contributed by atoms with Gasteiger partial charge in [-0.25, -0.2) is 0 Å². The summed E-state index contributed by atoms with van der Waals surface area (Å²) >= 11 is 0. The van der Waals surface area contributed by atoms with E-state index in [9.17, 15) is 5.11 Å². The second-order valence-corrected chi connectivity index (χ2v) is 5.12. The first-order valence-corrected chi connectivity index (χ1v) is 5.72. The molecule has 1 unspecified atom stereocenters. The van der Waals surface area contributed by atoms with Gasteiger partial charge in [0.2, 0.25) is 0 Å². The topological polar surface area (TPSA) is 62.4 Å². The lowest BCUT2D eigenvalue weighted by Crippen LogP contribution is -2.31. The van der Waals surface area contributed by atoms with E-state index in [2.05, 4.69) is 22.1 Å². The predicted octanol–water partition coefficient (Wildman–Crippen LogP) is 1.11.